The Balaban J connectivity index is 1.75. The molecule has 4 rings (SSSR count). The Bertz CT molecular complexity index is 1200. The predicted octanol–water partition coefficient (Wildman–Crippen LogP) is 7.76. The largest absolute Gasteiger partial charge is 0.323 e. The van der Waals surface area contributed by atoms with Gasteiger partial charge in [0.2, 0.25) is 0 Å². The van der Waals surface area contributed by atoms with Crippen LogP contribution in [0.1, 0.15) is 82.8 Å². The molecule has 0 bridgehead atoms. The van der Waals surface area contributed by atoms with Gasteiger partial charge in [-0.3, -0.25) is 9.98 Å². The second kappa shape index (κ2) is 10.6. The number of para-hydroxylation sites is 2. The average molecular weight is 467 g/mol. The van der Waals surface area contributed by atoms with Crippen LogP contribution in [0.4, 0.5) is 11.4 Å². The maximum absolute atomic E-state index is 5.16. The lowest BCUT2D eigenvalue weighted by Crippen LogP contribution is -2.31. The molecule has 4 nitrogen and oxygen atoms in total. The van der Waals surface area contributed by atoms with E-state index in [9.17, 15) is 0 Å². The highest BCUT2D eigenvalue weighted by atomic mass is 15.3. The molecular formula is C31H38N4. The second-order valence-electron chi connectivity index (χ2n) is 10.4. The standard InChI is InChI=1S/C31H38N4/c1-20(2)25-15-11-16-26(21(3)4)30(25)32-23(7)27-17-12-18-28(33-27)31-34-29(22(5)6)19-35(31)24-13-9-8-10-14-24/h8-18,20-22,29H,19H2,1-7H3/t29-/m1/s1. The van der Waals surface area contributed by atoms with Crippen molar-refractivity contribution in [2.75, 3.05) is 11.4 Å². The Kier molecular flexibility index (Phi) is 7.49. The molecule has 0 N–H and O–H groups in total. The molecule has 35 heavy (non-hydrogen) atoms. The zero-order valence-corrected chi connectivity index (χ0v) is 22.2. The van der Waals surface area contributed by atoms with Crippen molar-refractivity contribution in [1.29, 1.82) is 0 Å². The summed E-state index contributed by atoms with van der Waals surface area (Å²) in [4.78, 5) is 17.6. The van der Waals surface area contributed by atoms with Crippen molar-refractivity contribution < 1.29 is 0 Å². The Morgan fingerprint density at radius 2 is 1.46 bits per heavy atom. The van der Waals surface area contributed by atoms with Gasteiger partial charge in [-0.25, -0.2) is 4.98 Å². The van der Waals surface area contributed by atoms with Crippen molar-refractivity contribution in [2.45, 2.75) is 66.3 Å². The van der Waals surface area contributed by atoms with E-state index in [2.05, 4.69) is 120 Å². The molecule has 4 heteroatoms. The molecule has 0 aliphatic carbocycles. The van der Waals surface area contributed by atoms with Crippen molar-refractivity contribution in [2.24, 2.45) is 15.9 Å². The Morgan fingerprint density at radius 3 is 2.06 bits per heavy atom. The number of aromatic nitrogens is 1. The molecule has 1 atom stereocenters. The third-order valence-corrected chi connectivity index (χ3v) is 6.72. The normalized spacial score (nSPS) is 16.5. The second-order valence-corrected chi connectivity index (χ2v) is 10.4. The van der Waals surface area contributed by atoms with Crippen molar-refractivity contribution >= 4 is 22.9 Å². The molecule has 0 radical (unpaired) electrons. The maximum Gasteiger partial charge on any atom is 0.154 e. The number of amidine groups is 1. The monoisotopic (exact) mass is 466 g/mol. The molecule has 0 spiro atoms. The molecule has 2 aromatic carbocycles. The van der Waals surface area contributed by atoms with E-state index in [4.69, 9.17) is 15.0 Å². The average Bonchev–Trinajstić information content (AvgIpc) is 3.30. The summed E-state index contributed by atoms with van der Waals surface area (Å²) in [7, 11) is 0. The van der Waals surface area contributed by atoms with Crippen molar-refractivity contribution in [3.05, 3.63) is 89.2 Å². The summed E-state index contributed by atoms with van der Waals surface area (Å²) in [6.45, 7) is 16.3. The number of rotatable bonds is 7. The van der Waals surface area contributed by atoms with Gasteiger partial charge >= 0.3 is 0 Å². The first kappa shape index (κ1) is 24.8. The fourth-order valence-corrected chi connectivity index (χ4v) is 4.57. The molecule has 2 heterocycles. The van der Waals surface area contributed by atoms with E-state index in [0.29, 0.717) is 17.8 Å². The van der Waals surface area contributed by atoms with Crippen LogP contribution < -0.4 is 4.90 Å². The quantitative estimate of drug-likeness (QED) is 0.334. The number of hydrogen-bond donors (Lipinski definition) is 0. The fraction of sp³-hybridized carbons (Fsp3) is 0.387. The minimum absolute atomic E-state index is 0.247. The van der Waals surface area contributed by atoms with Crippen molar-refractivity contribution in [3.8, 4) is 0 Å². The lowest BCUT2D eigenvalue weighted by Gasteiger charge is -2.22. The summed E-state index contributed by atoms with van der Waals surface area (Å²) < 4.78 is 0. The zero-order chi connectivity index (χ0) is 25.1. The number of pyridine rings is 1. The molecule has 0 saturated heterocycles. The van der Waals surface area contributed by atoms with E-state index in [1.165, 1.54) is 11.1 Å². The number of benzene rings is 2. The highest BCUT2D eigenvalue weighted by Gasteiger charge is 2.30. The van der Waals surface area contributed by atoms with Crippen LogP contribution in [-0.4, -0.2) is 29.1 Å². The van der Waals surface area contributed by atoms with Gasteiger partial charge in [-0.15, -0.1) is 0 Å². The van der Waals surface area contributed by atoms with Gasteiger partial charge in [-0.2, -0.15) is 0 Å². The van der Waals surface area contributed by atoms with Crippen LogP contribution in [0, 0.1) is 5.92 Å². The molecule has 182 valence electrons. The summed E-state index contributed by atoms with van der Waals surface area (Å²) in [5.74, 6) is 2.21. The van der Waals surface area contributed by atoms with Crippen LogP contribution in [-0.2, 0) is 0 Å². The first-order valence-corrected chi connectivity index (χ1v) is 12.8. The maximum atomic E-state index is 5.16. The van der Waals surface area contributed by atoms with Crippen LogP contribution in [0.5, 0.6) is 0 Å². The number of hydrogen-bond acceptors (Lipinski definition) is 4. The van der Waals surface area contributed by atoms with Gasteiger partial charge in [0.1, 0.15) is 5.69 Å². The topological polar surface area (TPSA) is 40.9 Å². The van der Waals surface area contributed by atoms with E-state index in [1.54, 1.807) is 0 Å². The SMILES string of the molecule is CC(=Nc1c(C(C)C)cccc1C(C)C)c1cccc(C2=N[C@@H](C(C)C)CN2c2ccccc2)n1. The summed E-state index contributed by atoms with van der Waals surface area (Å²) in [6, 6.07) is 23.5. The van der Waals surface area contributed by atoms with E-state index in [1.807, 2.05) is 0 Å². The Morgan fingerprint density at radius 1 is 0.829 bits per heavy atom. The molecule has 3 aromatic rings. The van der Waals surface area contributed by atoms with Crippen molar-refractivity contribution in [3.63, 3.8) is 0 Å². The molecule has 1 aliphatic rings. The molecule has 0 amide bonds. The third-order valence-electron chi connectivity index (χ3n) is 6.72. The molecule has 0 unspecified atom stereocenters. The molecular weight excluding hydrogens is 428 g/mol. The smallest absolute Gasteiger partial charge is 0.154 e. The third kappa shape index (κ3) is 5.37. The van der Waals surface area contributed by atoms with Gasteiger partial charge in [0.25, 0.3) is 0 Å². The molecule has 0 fully saturated rings. The summed E-state index contributed by atoms with van der Waals surface area (Å²) in [5, 5.41) is 0. The zero-order valence-electron chi connectivity index (χ0n) is 22.2. The van der Waals surface area contributed by atoms with Gasteiger partial charge in [-0.05, 0) is 60.1 Å². The highest BCUT2D eigenvalue weighted by Crippen LogP contribution is 2.35. The van der Waals surface area contributed by atoms with Crippen LogP contribution in [0.25, 0.3) is 0 Å². The van der Waals surface area contributed by atoms with Gasteiger partial charge in [0, 0.05) is 12.2 Å². The van der Waals surface area contributed by atoms with Crippen LogP contribution in [0.2, 0.25) is 0 Å². The van der Waals surface area contributed by atoms with E-state index < -0.39 is 0 Å². The first-order chi connectivity index (χ1) is 16.8. The lowest BCUT2D eigenvalue weighted by molar-refractivity contribution is 0.521. The number of nitrogens with zero attached hydrogens (tertiary/aromatic N) is 4. The summed E-state index contributed by atoms with van der Waals surface area (Å²) in [5.41, 5.74) is 7.51. The Labute approximate surface area is 210 Å². The van der Waals surface area contributed by atoms with E-state index in [0.717, 1.165) is 40.9 Å². The minimum Gasteiger partial charge on any atom is -0.323 e. The molecule has 1 aliphatic heterocycles. The van der Waals surface area contributed by atoms with Crippen LogP contribution in [0.15, 0.2) is 76.7 Å². The number of aliphatic imine (C=N–C) groups is 2. The van der Waals surface area contributed by atoms with Gasteiger partial charge in [0.15, 0.2) is 5.84 Å². The predicted molar refractivity (Wildman–Crippen MR) is 150 cm³/mol. The fourth-order valence-electron chi connectivity index (χ4n) is 4.57. The van der Waals surface area contributed by atoms with Crippen LogP contribution in [0.3, 0.4) is 0 Å². The Hall–Kier alpha value is -3.27. The molecule has 1 aromatic heterocycles. The molecule has 0 saturated carbocycles. The summed E-state index contributed by atoms with van der Waals surface area (Å²) >= 11 is 0. The first-order valence-electron chi connectivity index (χ1n) is 12.8. The lowest BCUT2D eigenvalue weighted by atomic mass is 9.93. The van der Waals surface area contributed by atoms with Gasteiger partial charge in [0.05, 0.1) is 23.1 Å². The minimum atomic E-state index is 0.247. The van der Waals surface area contributed by atoms with Crippen LogP contribution >= 0.6 is 0 Å². The van der Waals surface area contributed by atoms with Gasteiger partial charge in [-0.1, -0.05) is 84.0 Å². The van der Waals surface area contributed by atoms with Gasteiger partial charge < -0.3 is 4.90 Å². The van der Waals surface area contributed by atoms with Crippen molar-refractivity contribution in [1.82, 2.24) is 4.98 Å². The summed E-state index contributed by atoms with van der Waals surface area (Å²) in [6.07, 6.45) is 0. The van der Waals surface area contributed by atoms with E-state index >= 15 is 0 Å². The number of anilines is 1. The van der Waals surface area contributed by atoms with E-state index in [-0.39, 0.29) is 6.04 Å². The highest BCUT2D eigenvalue weighted by molar-refractivity contribution is 6.11.